The lowest BCUT2D eigenvalue weighted by Gasteiger charge is -2.20. The van der Waals surface area contributed by atoms with Crippen LogP contribution in [0.25, 0.3) is 0 Å². The molecule has 0 saturated carbocycles. The molecule has 2 rings (SSSR count). The summed E-state index contributed by atoms with van der Waals surface area (Å²) in [7, 11) is 3.02. The number of ether oxygens (including phenoxy) is 2. The van der Waals surface area contributed by atoms with Gasteiger partial charge in [-0.15, -0.1) is 0 Å². The fraction of sp³-hybridized carbons (Fsp3) is 0.308. The van der Waals surface area contributed by atoms with Crippen molar-refractivity contribution in [3.8, 4) is 11.5 Å². The molecule has 0 bridgehead atoms. The predicted octanol–water partition coefficient (Wildman–Crippen LogP) is 0.228. The van der Waals surface area contributed by atoms with Crippen LogP contribution in [0, 0.1) is 5.92 Å². The molecule has 1 saturated heterocycles. The van der Waals surface area contributed by atoms with E-state index in [1.54, 1.807) is 18.2 Å². The molecule has 0 unspecified atom stereocenters. The van der Waals surface area contributed by atoms with Gasteiger partial charge in [0.1, 0.15) is 17.4 Å². The second-order valence-corrected chi connectivity index (χ2v) is 4.29. The van der Waals surface area contributed by atoms with Crippen molar-refractivity contribution in [2.24, 2.45) is 5.92 Å². The van der Waals surface area contributed by atoms with Gasteiger partial charge < -0.3 is 9.47 Å². The molecular formula is C13H14N2O5. The summed E-state index contributed by atoms with van der Waals surface area (Å²) in [4.78, 5) is 34.3. The summed E-state index contributed by atoms with van der Waals surface area (Å²) < 4.78 is 10.2. The Labute approximate surface area is 115 Å². The van der Waals surface area contributed by atoms with E-state index in [9.17, 15) is 14.4 Å². The normalized spacial score (nSPS) is 15.6. The molecule has 0 radical (unpaired) electrons. The van der Waals surface area contributed by atoms with Crippen molar-refractivity contribution in [3.05, 3.63) is 23.8 Å². The van der Waals surface area contributed by atoms with Crippen molar-refractivity contribution in [2.45, 2.75) is 6.42 Å². The molecule has 1 aliphatic rings. The maximum absolute atomic E-state index is 11.7. The zero-order valence-corrected chi connectivity index (χ0v) is 11.1. The van der Waals surface area contributed by atoms with E-state index in [1.165, 1.54) is 14.2 Å². The molecule has 7 heteroatoms. The van der Waals surface area contributed by atoms with E-state index in [1.807, 2.05) is 0 Å². The lowest BCUT2D eigenvalue weighted by molar-refractivity contribution is -0.135. The highest BCUT2D eigenvalue weighted by Crippen LogP contribution is 2.24. The summed E-state index contributed by atoms with van der Waals surface area (Å²) >= 11 is 0. The highest BCUT2D eigenvalue weighted by atomic mass is 16.5. The predicted molar refractivity (Wildman–Crippen MR) is 68.4 cm³/mol. The van der Waals surface area contributed by atoms with E-state index >= 15 is 0 Å². The fourth-order valence-corrected chi connectivity index (χ4v) is 1.95. The van der Waals surface area contributed by atoms with Gasteiger partial charge >= 0.3 is 6.03 Å². The molecule has 1 aromatic rings. The third-order valence-electron chi connectivity index (χ3n) is 2.96. The summed E-state index contributed by atoms with van der Waals surface area (Å²) in [5.41, 5.74) is 0.700. The molecule has 0 spiro atoms. The maximum Gasteiger partial charge on any atom is 0.328 e. The first kappa shape index (κ1) is 13.9. The van der Waals surface area contributed by atoms with Gasteiger partial charge in [0, 0.05) is 6.07 Å². The van der Waals surface area contributed by atoms with Gasteiger partial charge in [-0.3, -0.25) is 20.2 Å². The number of hydrogen-bond acceptors (Lipinski definition) is 5. The van der Waals surface area contributed by atoms with Crippen LogP contribution in [0.1, 0.15) is 5.56 Å². The summed E-state index contributed by atoms with van der Waals surface area (Å²) in [5.74, 6) is -1.05. The molecule has 0 aliphatic carbocycles. The van der Waals surface area contributed by atoms with Gasteiger partial charge in [-0.25, -0.2) is 4.79 Å². The number of nitrogens with one attached hydrogen (secondary N) is 2. The van der Waals surface area contributed by atoms with Crippen molar-refractivity contribution in [1.82, 2.24) is 10.6 Å². The minimum Gasteiger partial charge on any atom is -0.497 e. The molecule has 0 atom stereocenters. The monoisotopic (exact) mass is 278 g/mol. The molecular weight excluding hydrogens is 264 g/mol. The zero-order chi connectivity index (χ0) is 14.7. The van der Waals surface area contributed by atoms with E-state index in [2.05, 4.69) is 10.6 Å². The number of carbonyl (C=O) groups is 3. The van der Waals surface area contributed by atoms with E-state index < -0.39 is 23.8 Å². The molecule has 2 N–H and O–H groups in total. The second kappa shape index (κ2) is 5.60. The van der Waals surface area contributed by atoms with Crippen LogP contribution in [-0.2, 0) is 16.0 Å². The van der Waals surface area contributed by atoms with Gasteiger partial charge in [-0.1, -0.05) is 0 Å². The van der Waals surface area contributed by atoms with Gasteiger partial charge in [-0.05, 0) is 24.1 Å². The van der Waals surface area contributed by atoms with Crippen LogP contribution in [0.15, 0.2) is 18.2 Å². The Morgan fingerprint density at radius 1 is 0.950 bits per heavy atom. The molecule has 7 nitrogen and oxygen atoms in total. The number of barbiturate groups is 1. The number of urea groups is 1. The summed E-state index contributed by atoms with van der Waals surface area (Å²) in [6.45, 7) is 0. The van der Waals surface area contributed by atoms with Crippen molar-refractivity contribution < 1.29 is 23.9 Å². The number of carbonyl (C=O) groups excluding carboxylic acids is 3. The van der Waals surface area contributed by atoms with E-state index in [0.717, 1.165) is 0 Å². The van der Waals surface area contributed by atoms with E-state index in [-0.39, 0.29) is 6.42 Å². The number of hydrogen-bond donors (Lipinski definition) is 2. The van der Waals surface area contributed by atoms with Crippen molar-refractivity contribution in [2.75, 3.05) is 14.2 Å². The SMILES string of the molecule is COc1cc(CC2C(=O)NC(=O)NC2=O)cc(OC)c1. The zero-order valence-electron chi connectivity index (χ0n) is 11.1. The number of rotatable bonds is 4. The topological polar surface area (TPSA) is 93.7 Å². The third kappa shape index (κ3) is 2.87. The van der Waals surface area contributed by atoms with Crippen LogP contribution in [0.5, 0.6) is 11.5 Å². The van der Waals surface area contributed by atoms with Crippen LogP contribution in [0.3, 0.4) is 0 Å². The summed E-state index contributed by atoms with van der Waals surface area (Å²) in [6.07, 6.45) is 0.151. The Balaban J connectivity index is 2.22. The minimum atomic E-state index is -0.954. The Morgan fingerprint density at radius 2 is 1.45 bits per heavy atom. The van der Waals surface area contributed by atoms with Crippen molar-refractivity contribution in [3.63, 3.8) is 0 Å². The Bertz CT molecular complexity index is 528. The molecule has 1 aromatic carbocycles. The highest BCUT2D eigenvalue weighted by Gasteiger charge is 2.34. The molecule has 1 heterocycles. The average Bonchev–Trinajstić information content (AvgIpc) is 2.42. The lowest BCUT2D eigenvalue weighted by Crippen LogP contribution is -2.56. The Morgan fingerprint density at radius 3 is 1.90 bits per heavy atom. The van der Waals surface area contributed by atoms with Crippen molar-refractivity contribution in [1.29, 1.82) is 0 Å². The fourth-order valence-electron chi connectivity index (χ4n) is 1.95. The van der Waals surface area contributed by atoms with Gasteiger partial charge in [0.2, 0.25) is 11.8 Å². The number of methoxy groups -OCH3 is 2. The summed E-state index contributed by atoms with van der Waals surface area (Å²) in [6, 6.07) is 4.31. The number of imide groups is 2. The summed E-state index contributed by atoms with van der Waals surface area (Å²) in [5, 5.41) is 4.13. The Kier molecular flexibility index (Phi) is 3.88. The van der Waals surface area contributed by atoms with E-state index in [0.29, 0.717) is 17.1 Å². The van der Waals surface area contributed by atoms with Crippen LogP contribution < -0.4 is 20.1 Å². The van der Waals surface area contributed by atoms with Crippen LogP contribution in [0.4, 0.5) is 4.79 Å². The quantitative estimate of drug-likeness (QED) is 0.769. The minimum absolute atomic E-state index is 0.151. The second-order valence-electron chi connectivity index (χ2n) is 4.29. The van der Waals surface area contributed by atoms with Crippen LogP contribution >= 0.6 is 0 Å². The van der Waals surface area contributed by atoms with Crippen LogP contribution in [-0.4, -0.2) is 32.1 Å². The van der Waals surface area contributed by atoms with Crippen LogP contribution in [0.2, 0.25) is 0 Å². The molecule has 1 aliphatic heterocycles. The molecule has 20 heavy (non-hydrogen) atoms. The molecule has 106 valence electrons. The molecule has 0 aromatic heterocycles. The first-order chi connectivity index (χ1) is 9.53. The van der Waals surface area contributed by atoms with Gasteiger partial charge in [-0.2, -0.15) is 0 Å². The third-order valence-corrected chi connectivity index (χ3v) is 2.96. The van der Waals surface area contributed by atoms with Crippen molar-refractivity contribution >= 4 is 17.8 Å². The Hall–Kier alpha value is -2.57. The maximum atomic E-state index is 11.7. The highest BCUT2D eigenvalue weighted by molar-refractivity contribution is 6.16. The standard InChI is InChI=1S/C13H14N2O5/c1-19-8-3-7(4-9(6-8)20-2)5-10-11(16)14-13(18)15-12(10)17/h3-4,6,10H,5H2,1-2H3,(H2,14,15,16,17,18). The molecule has 1 fully saturated rings. The van der Waals surface area contributed by atoms with Gasteiger partial charge in [0.05, 0.1) is 14.2 Å². The number of benzene rings is 1. The van der Waals surface area contributed by atoms with E-state index in [4.69, 9.17) is 9.47 Å². The first-order valence-corrected chi connectivity index (χ1v) is 5.91. The number of amides is 4. The van der Waals surface area contributed by atoms with Gasteiger partial charge in [0.25, 0.3) is 0 Å². The molecule has 4 amide bonds. The first-order valence-electron chi connectivity index (χ1n) is 5.91. The van der Waals surface area contributed by atoms with Gasteiger partial charge in [0.15, 0.2) is 0 Å². The smallest absolute Gasteiger partial charge is 0.328 e. The average molecular weight is 278 g/mol. The largest absolute Gasteiger partial charge is 0.497 e. The lowest BCUT2D eigenvalue weighted by atomic mass is 9.96.